The van der Waals surface area contributed by atoms with Gasteiger partial charge in [0.15, 0.2) is 0 Å². The molecule has 0 saturated carbocycles. The Balaban J connectivity index is 2.39. The van der Waals surface area contributed by atoms with Gasteiger partial charge in [-0.3, -0.25) is 0 Å². The molecule has 2 rings (SSSR count). The summed E-state index contributed by atoms with van der Waals surface area (Å²) in [5, 5.41) is 4.42. The van der Waals surface area contributed by atoms with Crippen LogP contribution in [0.1, 0.15) is 30.2 Å². The summed E-state index contributed by atoms with van der Waals surface area (Å²) in [4.78, 5) is 0. The standard InChI is InChI=1S/C15H20BrN3O/c1-5-6-19-15(14(17)11(4)18-19)20-12-7-9(2)13(16)10(3)8-12/h7-8H,5-6,17H2,1-4H3. The number of aryl methyl sites for hydroxylation is 4. The zero-order valence-corrected chi connectivity index (χ0v) is 13.9. The van der Waals surface area contributed by atoms with Crippen LogP contribution < -0.4 is 10.5 Å². The summed E-state index contributed by atoms with van der Waals surface area (Å²) >= 11 is 3.56. The number of hydrogen-bond acceptors (Lipinski definition) is 3. The number of nitrogens with zero attached hydrogens (tertiary/aromatic N) is 2. The summed E-state index contributed by atoms with van der Waals surface area (Å²) in [5.41, 5.74) is 9.75. The molecule has 2 aromatic rings. The predicted octanol–water partition coefficient (Wildman–Crippen LogP) is 4.36. The van der Waals surface area contributed by atoms with Crippen LogP contribution in [0.25, 0.3) is 0 Å². The first-order chi connectivity index (χ1) is 9.43. The van der Waals surface area contributed by atoms with Crippen LogP contribution in [0.15, 0.2) is 16.6 Å². The highest BCUT2D eigenvalue weighted by atomic mass is 79.9. The van der Waals surface area contributed by atoms with Gasteiger partial charge in [0, 0.05) is 11.0 Å². The molecule has 108 valence electrons. The third-order valence-corrected chi connectivity index (χ3v) is 4.44. The van der Waals surface area contributed by atoms with Crippen LogP contribution in [0.2, 0.25) is 0 Å². The second kappa shape index (κ2) is 5.87. The van der Waals surface area contributed by atoms with E-state index in [0.717, 1.165) is 40.0 Å². The molecule has 5 heteroatoms. The average Bonchev–Trinajstić information content (AvgIpc) is 2.64. The van der Waals surface area contributed by atoms with Crippen molar-refractivity contribution in [1.82, 2.24) is 9.78 Å². The van der Waals surface area contributed by atoms with Gasteiger partial charge in [-0.1, -0.05) is 22.9 Å². The number of rotatable bonds is 4. The lowest BCUT2D eigenvalue weighted by molar-refractivity contribution is 0.410. The van der Waals surface area contributed by atoms with Crippen LogP contribution in [0, 0.1) is 20.8 Å². The highest BCUT2D eigenvalue weighted by Gasteiger charge is 2.15. The van der Waals surface area contributed by atoms with Crippen molar-refractivity contribution >= 4 is 21.6 Å². The van der Waals surface area contributed by atoms with E-state index in [4.69, 9.17) is 10.5 Å². The van der Waals surface area contributed by atoms with Gasteiger partial charge in [0.25, 0.3) is 0 Å². The number of nitrogen functional groups attached to an aromatic ring is 1. The molecule has 1 heterocycles. The Morgan fingerprint density at radius 3 is 2.40 bits per heavy atom. The van der Waals surface area contributed by atoms with Gasteiger partial charge < -0.3 is 10.5 Å². The Labute approximate surface area is 128 Å². The van der Waals surface area contributed by atoms with E-state index in [2.05, 4.69) is 28.0 Å². The smallest absolute Gasteiger partial charge is 0.241 e. The van der Waals surface area contributed by atoms with Gasteiger partial charge in [0.05, 0.1) is 5.69 Å². The fourth-order valence-electron chi connectivity index (χ4n) is 2.12. The minimum atomic E-state index is 0.608. The van der Waals surface area contributed by atoms with Crippen LogP contribution in [-0.2, 0) is 6.54 Å². The Morgan fingerprint density at radius 1 is 1.25 bits per heavy atom. The lowest BCUT2D eigenvalue weighted by Gasteiger charge is -2.11. The molecule has 0 aliphatic carbocycles. The third kappa shape index (κ3) is 2.82. The molecule has 0 unspecified atom stereocenters. The van der Waals surface area contributed by atoms with E-state index in [1.807, 2.05) is 37.6 Å². The summed E-state index contributed by atoms with van der Waals surface area (Å²) in [7, 11) is 0. The van der Waals surface area contributed by atoms with Crippen molar-refractivity contribution in [2.24, 2.45) is 0 Å². The molecule has 0 saturated heterocycles. The van der Waals surface area contributed by atoms with E-state index >= 15 is 0 Å². The molecular formula is C15H20BrN3O. The molecule has 0 radical (unpaired) electrons. The topological polar surface area (TPSA) is 53.1 Å². The first-order valence-electron chi connectivity index (χ1n) is 6.71. The zero-order valence-electron chi connectivity index (χ0n) is 12.3. The largest absolute Gasteiger partial charge is 0.437 e. The van der Waals surface area contributed by atoms with Crippen molar-refractivity contribution < 1.29 is 4.74 Å². The van der Waals surface area contributed by atoms with Gasteiger partial charge in [-0.2, -0.15) is 5.10 Å². The molecule has 2 N–H and O–H groups in total. The highest BCUT2D eigenvalue weighted by molar-refractivity contribution is 9.10. The molecule has 0 atom stereocenters. The molecule has 1 aromatic carbocycles. The minimum absolute atomic E-state index is 0.608. The number of benzene rings is 1. The molecule has 0 spiro atoms. The Kier molecular flexibility index (Phi) is 4.38. The van der Waals surface area contributed by atoms with E-state index in [0.29, 0.717) is 11.6 Å². The molecular weight excluding hydrogens is 318 g/mol. The highest BCUT2D eigenvalue weighted by Crippen LogP contribution is 2.33. The lowest BCUT2D eigenvalue weighted by atomic mass is 10.1. The van der Waals surface area contributed by atoms with E-state index in [1.165, 1.54) is 0 Å². The van der Waals surface area contributed by atoms with Crippen molar-refractivity contribution in [3.05, 3.63) is 33.4 Å². The fraction of sp³-hybridized carbons (Fsp3) is 0.400. The normalized spacial score (nSPS) is 10.8. The van der Waals surface area contributed by atoms with Gasteiger partial charge in [0.2, 0.25) is 5.88 Å². The molecule has 0 bridgehead atoms. The number of ether oxygens (including phenoxy) is 1. The SMILES string of the molecule is CCCn1nc(C)c(N)c1Oc1cc(C)c(Br)c(C)c1. The monoisotopic (exact) mass is 337 g/mol. The van der Waals surface area contributed by atoms with Crippen LogP contribution in [0.4, 0.5) is 5.69 Å². The minimum Gasteiger partial charge on any atom is -0.437 e. The van der Waals surface area contributed by atoms with Gasteiger partial charge in [0.1, 0.15) is 11.4 Å². The summed E-state index contributed by atoms with van der Waals surface area (Å²) in [5.74, 6) is 1.41. The van der Waals surface area contributed by atoms with Crippen molar-refractivity contribution in [2.45, 2.75) is 40.7 Å². The molecule has 0 amide bonds. The van der Waals surface area contributed by atoms with Crippen molar-refractivity contribution in [3.63, 3.8) is 0 Å². The van der Waals surface area contributed by atoms with E-state index in [-0.39, 0.29) is 0 Å². The summed E-state index contributed by atoms with van der Waals surface area (Å²) in [6, 6.07) is 3.99. The maximum absolute atomic E-state index is 6.07. The number of aromatic nitrogens is 2. The zero-order chi connectivity index (χ0) is 14.9. The molecule has 0 aliphatic heterocycles. The maximum atomic E-state index is 6.07. The van der Waals surface area contributed by atoms with E-state index in [9.17, 15) is 0 Å². The maximum Gasteiger partial charge on any atom is 0.241 e. The number of hydrogen-bond donors (Lipinski definition) is 1. The second-order valence-electron chi connectivity index (χ2n) is 5.00. The van der Waals surface area contributed by atoms with Gasteiger partial charge in [-0.25, -0.2) is 4.68 Å². The molecule has 20 heavy (non-hydrogen) atoms. The van der Waals surface area contributed by atoms with Gasteiger partial charge in [-0.15, -0.1) is 0 Å². The molecule has 0 aliphatic rings. The van der Waals surface area contributed by atoms with Crippen LogP contribution in [0.5, 0.6) is 11.6 Å². The summed E-state index contributed by atoms with van der Waals surface area (Å²) in [6.45, 7) is 8.88. The first-order valence-corrected chi connectivity index (χ1v) is 7.50. The van der Waals surface area contributed by atoms with Crippen molar-refractivity contribution in [1.29, 1.82) is 0 Å². The van der Waals surface area contributed by atoms with Crippen LogP contribution in [0.3, 0.4) is 0 Å². The average molecular weight is 338 g/mol. The summed E-state index contributed by atoms with van der Waals surface area (Å²) < 4.78 is 8.92. The number of anilines is 1. The first kappa shape index (κ1) is 14.9. The van der Waals surface area contributed by atoms with Gasteiger partial charge in [-0.05, 0) is 50.5 Å². The third-order valence-electron chi connectivity index (χ3n) is 3.19. The lowest BCUT2D eigenvalue weighted by Crippen LogP contribution is -2.03. The number of nitrogens with two attached hydrogens (primary N) is 1. The van der Waals surface area contributed by atoms with E-state index < -0.39 is 0 Å². The van der Waals surface area contributed by atoms with E-state index in [1.54, 1.807) is 0 Å². The summed E-state index contributed by atoms with van der Waals surface area (Å²) in [6.07, 6.45) is 0.981. The van der Waals surface area contributed by atoms with Crippen molar-refractivity contribution in [2.75, 3.05) is 5.73 Å². The second-order valence-corrected chi connectivity index (χ2v) is 5.79. The Morgan fingerprint density at radius 2 is 1.85 bits per heavy atom. The fourth-order valence-corrected chi connectivity index (χ4v) is 2.35. The molecule has 4 nitrogen and oxygen atoms in total. The molecule has 1 aromatic heterocycles. The van der Waals surface area contributed by atoms with Crippen LogP contribution >= 0.6 is 15.9 Å². The van der Waals surface area contributed by atoms with Gasteiger partial charge >= 0.3 is 0 Å². The number of halogens is 1. The quantitative estimate of drug-likeness (QED) is 0.901. The predicted molar refractivity (Wildman–Crippen MR) is 85.4 cm³/mol. The van der Waals surface area contributed by atoms with Crippen LogP contribution in [-0.4, -0.2) is 9.78 Å². The Bertz CT molecular complexity index is 611. The molecule has 0 fully saturated rings. The van der Waals surface area contributed by atoms with Crippen molar-refractivity contribution in [3.8, 4) is 11.6 Å². The Hall–Kier alpha value is -1.49.